The van der Waals surface area contributed by atoms with Crippen LogP contribution >= 0.6 is 15.9 Å². The summed E-state index contributed by atoms with van der Waals surface area (Å²) < 4.78 is 0.899. The maximum atomic E-state index is 13.3. The van der Waals surface area contributed by atoms with E-state index < -0.39 is 11.9 Å². The normalized spacial score (nSPS) is 12.0. The Morgan fingerprint density at radius 3 is 2.14 bits per heavy atom. The van der Waals surface area contributed by atoms with Crippen molar-refractivity contribution in [3.05, 3.63) is 88.4 Å². The molecule has 0 saturated carbocycles. The van der Waals surface area contributed by atoms with Gasteiger partial charge in [-0.25, -0.2) is 4.98 Å². The van der Waals surface area contributed by atoms with Crippen molar-refractivity contribution >= 4 is 49.6 Å². The van der Waals surface area contributed by atoms with Gasteiger partial charge in [0.2, 0.25) is 5.91 Å². The number of carbonyl (C=O) groups is 2. The second-order valence-electron chi connectivity index (χ2n) is 6.78. The van der Waals surface area contributed by atoms with Gasteiger partial charge in [-0.15, -0.1) is 0 Å². The number of rotatable bonds is 5. The topological polar surface area (TPSA) is 85.1 Å². The number of benzene rings is 3. The minimum Gasteiger partial charge on any atom is -0.368 e. The Hall–Kier alpha value is -3.25. The second-order valence-corrected chi connectivity index (χ2v) is 7.70. The smallest absolute Gasteiger partial charge is 0.253 e. The number of aromatic nitrogens is 1. The first kappa shape index (κ1) is 19.1. The summed E-state index contributed by atoms with van der Waals surface area (Å²) in [6.45, 7) is 0. The van der Waals surface area contributed by atoms with E-state index in [0.29, 0.717) is 12.0 Å². The van der Waals surface area contributed by atoms with Gasteiger partial charge in [-0.05, 0) is 29.8 Å². The van der Waals surface area contributed by atoms with Gasteiger partial charge in [0.1, 0.15) is 6.04 Å². The fraction of sp³-hybridized carbons (Fsp3) is 0.0870. The lowest BCUT2D eigenvalue weighted by Crippen LogP contribution is -2.46. The van der Waals surface area contributed by atoms with Crippen molar-refractivity contribution in [2.75, 3.05) is 0 Å². The number of nitrogens with zero attached hydrogens (tertiary/aromatic N) is 1. The van der Waals surface area contributed by atoms with Crippen LogP contribution in [0.4, 0.5) is 0 Å². The number of hydrogen-bond acceptors (Lipinski definition) is 3. The summed E-state index contributed by atoms with van der Waals surface area (Å²) in [5.74, 6) is -0.931. The molecule has 2 amide bonds. The van der Waals surface area contributed by atoms with Crippen molar-refractivity contribution in [1.29, 1.82) is 0 Å². The highest BCUT2D eigenvalue weighted by atomic mass is 79.9. The molecule has 1 atom stereocenters. The van der Waals surface area contributed by atoms with Crippen LogP contribution in [0.25, 0.3) is 21.8 Å². The molecule has 144 valence electrons. The third kappa shape index (κ3) is 3.98. The van der Waals surface area contributed by atoms with Crippen LogP contribution in [0.1, 0.15) is 15.9 Å². The van der Waals surface area contributed by atoms with E-state index in [2.05, 4.69) is 26.2 Å². The summed E-state index contributed by atoms with van der Waals surface area (Å²) in [7, 11) is 0. The molecule has 0 fully saturated rings. The van der Waals surface area contributed by atoms with Gasteiger partial charge in [-0.3, -0.25) is 9.59 Å². The molecular weight excluding hydrogens is 430 g/mol. The summed E-state index contributed by atoms with van der Waals surface area (Å²) in [5, 5.41) is 4.29. The molecule has 0 aliphatic heterocycles. The van der Waals surface area contributed by atoms with Crippen molar-refractivity contribution in [3.63, 3.8) is 0 Å². The van der Waals surface area contributed by atoms with Crippen molar-refractivity contribution in [1.82, 2.24) is 10.3 Å². The zero-order chi connectivity index (χ0) is 20.4. The maximum Gasteiger partial charge on any atom is 0.253 e. The number of nitrogens with two attached hydrogens (primary N) is 1. The molecule has 3 aromatic carbocycles. The highest BCUT2D eigenvalue weighted by Crippen LogP contribution is 2.26. The summed E-state index contributed by atoms with van der Waals surface area (Å²) in [6.07, 6.45) is 0.307. The monoisotopic (exact) mass is 447 g/mol. The summed E-state index contributed by atoms with van der Waals surface area (Å²) in [5.41, 5.74) is 8.43. The highest BCUT2D eigenvalue weighted by molar-refractivity contribution is 9.10. The lowest BCUT2D eigenvalue weighted by Gasteiger charge is -2.17. The van der Waals surface area contributed by atoms with Crippen LogP contribution in [0.5, 0.6) is 0 Å². The first-order valence-electron chi connectivity index (χ1n) is 9.15. The predicted octanol–water partition coefficient (Wildman–Crippen LogP) is 3.98. The average Bonchev–Trinajstić information content (AvgIpc) is 2.71. The Bertz CT molecular complexity index is 1190. The predicted molar refractivity (Wildman–Crippen MR) is 118 cm³/mol. The van der Waals surface area contributed by atoms with Gasteiger partial charge in [0.05, 0.1) is 16.6 Å². The van der Waals surface area contributed by atoms with E-state index in [1.807, 2.05) is 72.8 Å². The Morgan fingerprint density at radius 2 is 1.55 bits per heavy atom. The van der Waals surface area contributed by atoms with Crippen molar-refractivity contribution < 1.29 is 9.59 Å². The van der Waals surface area contributed by atoms with E-state index in [-0.39, 0.29) is 5.91 Å². The van der Waals surface area contributed by atoms with Crippen LogP contribution < -0.4 is 11.1 Å². The van der Waals surface area contributed by atoms with E-state index in [1.165, 1.54) is 0 Å². The Labute approximate surface area is 176 Å². The van der Waals surface area contributed by atoms with Gasteiger partial charge in [0.15, 0.2) is 0 Å². The number of fused-ring (bicyclic) bond motifs is 2. The van der Waals surface area contributed by atoms with Crippen LogP contribution in [0.3, 0.4) is 0 Å². The lowest BCUT2D eigenvalue weighted by atomic mass is 10.0. The van der Waals surface area contributed by atoms with Crippen molar-refractivity contribution in [3.8, 4) is 0 Å². The first-order valence-corrected chi connectivity index (χ1v) is 9.94. The number of pyridine rings is 1. The molecule has 0 aliphatic rings. The van der Waals surface area contributed by atoms with E-state index in [4.69, 9.17) is 5.73 Å². The number of halogens is 1. The Morgan fingerprint density at radius 1 is 0.931 bits per heavy atom. The van der Waals surface area contributed by atoms with E-state index in [0.717, 1.165) is 31.8 Å². The van der Waals surface area contributed by atoms with Gasteiger partial charge in [0.25, 0.3) is 5.91 Å². The van der Waals surface area contributed by atoms with Crippen LogP contribution in [0.2, 0.25) is 0 Å². The highest BCUT2D eigenvalue weighted by Gasteiger charge is 2.22. The van der Waals surface area contributed by atoms with Gasteiger partial charge in [-0.1, -0.05) is 64.5 Å². The summed E-state index contributed by atoms with van der Waals surface area (Å²) in [4.78, 5) is 30.0. The van der Waals surface area contributed by atoms with Gasteiger partial charge < -0.3 is 11.1 Å². The molecule has 6 heteroatoms. The molecule has 29 heavy (non-hydrogen) atoms. The molecule has 1 aromatic heterocycles. The van der Waals surface area contributed by atoms with Crippen molar-refractivity contribution in [2.45, 2.75) is 12.5 Å². The van der Waals surface area contributed by atoms with Crippen LogP contribution in [0.15, 0.2) is 77.3 Å². The SMILES string of the molecule is NC(=O)[C@@H](Cc1cccc(Br)c1)NC(=O)c1c2ccccc2nc2ccccc12. The molecule has 1 heterocycles. The fourth-order valence-corrected chi connectivity index (χ4v) is 3.88. The number of nitrogens with one attached hydrogen (secondary N) is 1. The van der Waals surface area contributed by atoms with Gasteiger partial charge in [0, 0.05) is 21.7 Å². The number of hydrogen-bond donors (Lipinski definition) is 2. The second kappa shape index (κ2) is 8.01. The summed E-state index contributed by atoms with van der Waals surface area (Å²) in [6, 6.07) is 21.7. The average molecular weight is 448 g/mol. The zero-order valence-electron chi connectivity index (χ0n) is 15.4. The molecular formula is C23H18BrN3O2. The lowest BCUT2D eigenvalue weighted by molar-refractivity contribution is -0.119. The van der Waals surface area contributed by atoms with Gasteiger partial charge in [-0.2, -0.15) is 0 Å². The number of amides is 2. The third-order valence-corrected chi connectivity index (χ3v) is 5.29. The Balaban J connectivity index is 1.74. The Kier molecular flexibility index (Phi) is 5.27. The van der Waals surface area contributed by atoms with Gasteiger partial charge >= 0.3 is 0 Å². The fourth-order valence-electron chi connectivity index (χ4n) is 3.44. The maximum absolute atomic E-state index is 13.3. The van der Waals surface area contributed by atoms with Crippen LogP contribution in [-0.4, -0.2) is 22.8 Å². The summed E-state index contributed by atoms with van der Waals surface area (Å²) >= 11 is 3.42. The van der Waals surface area contributed by atoms with Crippen LogP contribution in [0, 0.1) is 0 Å². The van der Waals surface area contributed by atoms with E-state index in [1.54, 1.807) is 0 Å². The molecule has 5 nitrogen and oxygen atoms in total. The minimum atomic E-state index is -0.831. The van der Waals surface area contributed by atoms with Crippen LogP contribution in [-0.2, 0) is 11.2 Å². The van der Waals surface area contributed by atoms with E-state index >= 15 is 0 Å². The largest absolute Gasteiger partial charge is 0.368 e. The minimum absolute atomic E-state index is 0.307. The number of para-hydroxylation sites is 2. The first-order chi connectivity index (χ1) is 14.0. The molecule has 0 saturated heterocycles. The van der Waals surface area contributed by atoms with Crippen molar-refractivity contribution in [2.24, 2.45) is 5.73 Å². The molecule has 0 unspecified atom stereocenters. The molecule has 0 radical (unpaired) electrons. The number of carbonyl (C=O) groups excluding carboxylic acids is 2. The number of primary amides is 1. The molecule has 4 rings (SSSR count). The van der Waals surface area contributed by atoms with E-state index in [9.17, 15) is 9.59 Å². The third-order valence-electron chi connectivity index (χ3n) is 4.79. The molecule has 3 N–H and O–H groups in total. The zero-order valence-corrected chi connectivity index (χ0v) is 17.0. The molecule has 0 spiro atoms. The molecule has 0 bridgehead atoms. The quantitative estimate of drug-likeness (QED) is 0.453. The standard InChI is InChI=1S/C23H18BrN3O2/c24-15-7-5-6-14(12-15)13-20(22(25)28)27-23(29)21-16-8-1-3-10-18(16)26-19-11-4-2-9-17(19)21/h1-12,20H,13H2,(H2,25,28)(H,27,29)/t20-/m1/s1. The molecule has 4 aromatic rings. The molecule has 0 aliphatic carbocycles.